The van der Waals surface area contributed by atoms with E-state index in [-0.39, 0.29) is 26.9 Å². The number of sulfone groups is 1. The fraction of sp³-hybridized carbons (Fsp3) is 0. The number of phenolic OH excluding ortho intramolecular Hbond substituents is 1. The molecular weight excluding hydrogens is 338 g/mol. The van der Waals surface area contributed by atoms with Crippen LogP contribution in [0.5, 0.6) is 17.2 Å². The number of rotatable bonds is 4. The summed E-state index contributed by atoms with van der Waals surface area (Å²) in [6.07, 6.45) is 0. The van der Waals surface area contributed by atoms with Crippen LogP contribution < -0.4 is 4.74 Å². The van der Waals surface area contributed by atoms with E-state index >= 15 is 0 Å². The molecule has 0 saturated carbocycles. The van der Waals surface area contributed by atoms with Crippen molar-refractivity contribution >= 4 is 9.84 Å². The summed E-state index contributed by atoms with van der Waals surface area (Å²) in [6, 6.07) is 20.4. The summed E-state index contributed by atoms with van der Waals surface area (Å²) in [5, 5.41) is 18.7. The molecule has 124 valence electrons. The Morgan fingerprint density at radius 3 is 2.12 bits per heavy atom. The lowest BCUT2D eigenvalue weighted by Crippen LogP contribution is -2.01. The van der Waals surface area contributed by atoms with Crippen molar-refractivity contribution in [3.05, 3.63) is 78.4 Å². The first-order chi connectivity index (χ1) is 12.0. The SMILES string of the molecule is N#Cc1c(O)cccc1Oc1ccc(S(=O)(=O)c2ccccc2)cc1. The van der Waals surface area contributed by atoms with E-state index in [1.807, 2.05) is 6.07 Å². The lowest BCUT2D eigenvalue weighted by Gasteiger charge is -2.09. The molecule has 5 nitrogen and oxygen atoms in total. The van der Waals surface area contributed by atoms with E-state index in [4.69, 9.17) is 10.00 Å². The second-order valence-corrected chi connectivity index (χ2v) is 7.10. The van der Waals surface area contributed by atoms with Gasteiger partial charge in [0.25, 0.3) is 0 Å². The normalized spacial score (nSPS) is 10.8. The molecule has 0 fully saturated rings. The van der Waals surface area contributed by atoms with Gasteiger partial charge < -0.3 is 9.84 Å². The summed E-state index contributed by atoms with van der Waals surface area (Å²) >= 11 is 0. The maximum Gasteiger partial charge on any atom is 0.206 e. The lowest BCUT2D eigenvalue weighted by atomic mass is 10.2. The van der Waals surface area contributed by atoms with Crippen LogP contribution in [0.3, 0.4) is 0 Å². The van der Waals surface area contributed by atoms with Crippen molar-refractivity contribution in [2.45, 2.75) is 9.79 Å². The molecule has 0 unspecified atom stereocenters. The third-order valence-corrected chi connectivity index (χ3v) is 5.32. The van der Waals surface area contributed by atoms with Crippen molar-refractivity contribution in [3.8, 4) is 23.3 Å². The molecule has 0 spiro atoms. The summed E-state index contributed by atoms with van der Waals surface area (Å²) in [5.74, 6) is 0.374. The maximum atomic E-state index is 12.5. The molecule has 0 radical (unpaired) electrons. The van der Waals surface area contributed by atoms with E-state index < -0.39 is 9.84 Å². The van der Waals surface area contributed by atoms with Crippen LogP contribution >= 0.6 is 0 Å². The number of ether oxygens (including phenoxy) is 1. The Morgan fingerprint density at radius 2 is 1.48 bits per heavy atom. The third-order valence-electron chi connectivity index (χ3n) is 3.53. The van der Waals surface area contributed by atoms with Crippen molar-refractivity contribution in [2.24, 2.45) is 0 Å². The van der Waals surface area contributed by atoms with Gasteiger partial charge in [-0.15, -0.1) is 0 Å². The molecule has 0 aromatic heterocycles. The Labute approximate surface area is 145 Å². The van der Waals surface area contributed by atoms with Gasteiger partial charge in [0.2, 0.25) is 9.84 Å². The van der Waals surface area contributed by atoms with Crippen LogP contribution in [0.2, 0.25) is 0 Å². The highest BCUT2D eigenvalue weighted by Crippen LogP contribution is 2.31. The van der Waals surface area contributed by atoms with Crippen LogP contribution in [-0.2, 0) is 9.84 Å². The maximum absolute atomic E-state index is 12.5. The fourth-order valence-electron chi connectivity index (χ4n) is 2.27. The van der Waals surface area contributed by atoms with Crippen molar-refractivity contribution in [1.29, 1.82) is 5.26 Å². The van der Waals surface area contributed by atoms with Gasteiger partial charge in [0.1, 0.15) is 28.9 Å². The molecular formula is C19H13NO4S. The summed E-state index contributed by atoms with van der Waals surface area (Å²) in [6.45, 7) is 0. The molecule has 0 heterocycles. The Hall–Kier alpha value is -3.30. The Morgan fingerprint density at radius 1 is 0.840 bits per heavy atom. The number of hydrogen-bond donors (Lipinski definition) is 1. The average Bonchev–Trinajstić information content (AvgIpc) is 2.63. The van der Waals surface area contributed by atoms with Gasteiger partial charge in [0.15, 0.2) is 0 Å². The molecule has 3 rings (SSSR count). The molecule has 1 N–H and O–H groups in total. The summed E-state index contributed by atoms with van der Waals surface area (Å²) in [5.41, 5.74) is 0.0171. The van der Waals surface area contributed by atoms with Gasteiger partial charge in [-0.05, 0) is 48.5 Å². The van der Waals surface area contributed by atoms with Crippen molar-refractivity contribution in [2.75, 3.05) is 0 Å². The van der Waals surface area contributed by atoms with Gasteiger partial charge in [0.05, 0.1) is 9.79 Å². The van der Waals surface area contributed by atoms with E-state index in [2.05, 4.69) is 0 Å². The molecule has 25 heavy (non-hydrogen) atoms. The molecule has 0 atom stereocenters. The van der Waals surface area contributed by atoms with E-state index in [0.717, 1.165) is 0 Å². The minimum absolute atomic E-state index is 0.0171. The number of benzene rings is 3. The first-order valence-corrected chi connectivity index (χ1v) is 8.81. The molecule has 0 amide bonds. The number of hydrogen-bond acceptors (Lipinski definition) is 5. The zero-order valence-corrected chi connectivity index (χ0v) is 13.8. The molecule has 3 aromatic rings. The van der Waals surface area contributed by atoms with Crippen LogP contribution in [0.15, 0.2) is 82.6 Å². The Balaban J connectivity index is 1.89. The van der Waals surface area contributed by atoms with Crippen LogP contribution in [0.25, 0.3) is 0 Å². The van der Waals surface area contributed by atoms with Crippen LogP contribution in [0.1, 0.15) is 5.56 Å². The summed E-state index contributed by atoms with van der Waals surface area (Å²) < 4.78 is 30.6. The molecule has 0 bridgehead atoms. The highest BCUT2D eigenvalue weighted by atomic mass is 32.2. The van der Waals surface area contributed by atoms with Gasteiger partial charge >= 0.3 is 0 Å². The number of aromatic hydroxyl groups is 1. The molecule has 0 aliphatic heterocycles. The first-order valence-electron chi connectivity index (χ1n) is 7.32. The molecule has 6 heteroatoms. The number of nitriles is 1. The fourth-order valence-corrected chi connectivity index (χ4v) is 3.55. The van der Waals surface area contributed by atoms with Gasteiger partial charge in [-0.2, -0.15) is 5.26 Å². The van der Waals surface area contributed by atoms with Crippen LogP contribution in [-0.4, -0.2) is 13.5 Å². The van der Waals surface area contributed by atoms with Gasteiger partial charge in [0, 0.05) is 0 Å². The predicted molar refractivity (Wildman–Crippen MR) is 91.2 cm³/mol. The molecule has 3 aromatic carbocycles. The summed E-state index contributed by atoms with van der Waals surface area (Å²) in [4.78, 5) is 0.353. The second kappa shape index (κ2) is 6.67. The van der Waals surface area contributed by atoms with Crippen molar-refractivity contribution in [1.82, 2.24) is 0 Å². The number of nitrogens with zero attached hydrogens (tertiary/aromatic N) is 1. The summed E-state index contributed by atoms with van der Waals surface area (Å²) in [7, 11) is -3.60. The lowest BCUT2D eigenvalue weighted by molar-refractivity contribution is 0.452. The van der Waals surface area contributed by atoms with Crippen molar-refractivity contribution < 1.29 is 18.3 Å². The highest BCUT2D eigenvalue weighted by molar-refractivity contribution is 7.91. The minimum Gasteiger partial charge on any atom is -0.506 e. The third kappa shape index (κ3) is 3.32. The Kier molecular flexibility index (Phi) is 4.42. The Bertz CT molecular complexity index is 1040. The van der Waals surface area contributed by atoms with E-state index in [1.54, 1.807) is 30.3 Å². The smallest absolute Gasteiger partial charge is 0.206 e. The van der Waals surface area contributed by atoms with Gasteiger partial charge in [-0.1, -0.05) is 24.3 Å². The van der Waals surface area contributed by atoms with Crippen LogP contribution in [0, 0.1) is 11.3 Å². The highest BCUT2D eigenvalue weighted by Gasteiger charge is 2.17. The molecule has 0 aliphatic rings. The zero-order chi connectivity index (χ0) is 17.9. The molecule has 0 saturated heterocycles. The van der Waals surface area contributed by atoms with Crippen molar-refractivity contribution in [3.63, 3.8) is 0 Å². The second-order valence-electron chi connectivity index (χ2n) is 5.15. The van der Waals surface area contributed by atoms with E-state index in [0.29, 0.717) is 5.75 Å². The van der Waals surface area contributed by atoms with E-state index in [1.165, 1.54) is 42.5 Å². The van der Waals surface area contributed by atoms with Gasteiger partial charge in [-0.3, -0.25) is 0 Å². The standard InChI is InChI=1S/C19H13NO4S/c20-13-17-18(21)7-4-8-19(17)24-14-9-11-16(12-10-14)25(22,23)15-5-2-1-3-6-15/h1-12,21H. The quantitative estimate of drug-likeness (QED) is 0.770. The monoisotopic (exact) mass is 351 g/mol. The predicted octanol–water partition coefficient (Wildman–Crippen LogP) is 3.89. The molecule has 0 aliphatic carbocycles. The van der Waals surface area contributed by atoms with Crippen LogP contribution in [0.4, 0.5) is 0 Å². The average molecular weight is 351 g/mol. The number of phenols is 1. The zero-order valence-electron chi connectivity index (χ0n) is 13.0. The topological polar surface area (TPSA) is 87.4 Å². The van der Waals surface area contributed by atoms with Gasteiger partial charge in [-0.25, -0.2) is 8.42 Å². The first kappa shape index (κ1) is 16.6. The van der Waals surface area contributed by atoms with E-state index in [9.17, 15) is 13.5 Å². The largest absolute Gasteiger partial charge is 0.506 e. The minimum atomic E-state index is -3.60.